The lowest BCUT2D eigenvalue weighted by Crippen LogP contribution is -2.33. The molecule has 2 aliphatic rings. The Kier molecular flexibility index (Phi) is 7.24. The first-order chi connectivity index (χ1) is 30.2. The molecule has 0 N–H and O–H groups in total. The van der Waals surface area contributed by atoms with Crippen molar-refractivity contribution < 1.29 is 0 Å². The summed E-state index contributed by atoms with van der Waals surface area (Å²) in [7, 11) is 0. The Bertz CT molecular complexity index is 3590. The molecule has 1 atom stereocenters. The maximum atomic E-state index is 2.54. The van der Waals surface area contributed by atoms with Gasteiger partial charge in [-0.25, -0.2) is 0 Å². The Labute approximate surface area is 355 Å². The number of hydrogen-bond acceptors (Lipinski definition) is 1. The molecule has 1 aromatic heterocycles. The van der Waals surface area contributed by atoms with Gasteiger partial charge in [-0.1, -0.05) is 171 Å². The van der Waals surface area contributed by atoms with Gasteiger partial charge >= 0.3 is 0 Å². The zero-order valence-electron chi connectivity index (χ0n) is 33.8. The molecule has 0 amide bonds. The van der Waals surface area contributed by atoms with E-state index in [2.05, 4.69) is 229 Å². The second kappa shape index (κ2) is 12.9. The molecule has 1 spiro atoms. The van der Waals surface area contributed by atoms with Crippen LogP contribution in [-0.4, -0.2) is 4.57 Å². The number of aryl methyl sites for hydroxylation is 1. The molecule has 0 saturated heterocycles. The van der Waals surface area contributed by atoms with Crippen molar-refractivity contribution >= 4 is 60.4 Å². The van der Waals surface area contributed by atoms with Crippen LogP contribution in [0.5, 0.6) is 0 Å². The number of nitrogens with zero attached hydrogens (tertiary/aromatic N) is 2. The third-order valence-electron chi connectivity index (χ3n) is 13.7. The van der Waals surface area contributed by atoms with E-state index in [9.17, 15) is 0 Å². The van der Waals surface area contributed by atoms with E-state index in [0.29, 0.717) is 0 Å². The summed E-state index contributed by atoms with van der Waals surface area (Å²) in [5.41, 5.74) is 18.4. The molecule has 11 aromatic rings. The molecule has 2 aliphatic carbocycles. The van der Waals surface area contributed by atoms with E-state index in [1.807, 2.05) is 0 Å². The number of benzene rings is 10. The van der Waals surface area contributed by atoms with Gasteiger partial charge in [0, 0.05) is 27.8 Å². The Balaban J connectivity index is 1.17. The Morgan fingerprint density at radius 3 is 1.89 bits per heavy atom. The van der Waals surface area contributed by atoms with Crippen LogP contribution in [0.4, 0.5) is 17.1 Å². The highest BCUT2D eigenvalue weighted by Gasteiger charge is 2.51. The summed E-state index contributed by atoms with van der Waals surface area (Å²) in [6.45, 7) is 2.32. The fourth-order valence-electron chi connectivity index (χ4n) is 11.3. The van der Waals surface area contributed by atoms with Gasteiger partial charge in [0.25, 0.3) is 0 Å². The third-order valence-corrected chi connectivity index (χ3v) is 13.7. The van der Waals surface area contributed by atoms with Crippen LogP contribution in [0.2, 0.25) is 0 Å². The molecule has 1 heterocycles. The molecule has 1 unspecified atom stereocenters. The number of aromatic nitrogens is 1. The van der Waals surface area contributed by atoms with E-state index in [-0.39, 0.29) is 0 Å². The summed E-state index contributed by atoms with van der Waals surface area (Å²) in [5, 5.41) is 7.57. The van der Waals surface area contributed by atoms with Gasteiger partial charge in [0.15, 0.2) is 0 Å². The highest BCUT2D eigenvalue weighted by atomic mass is 15.2. The summed E-state index contributed by atoms with van der Waals surface area (Å²) in [4.78, 5) is 2.52. The number of fused-ring (bicyclic) bond motifs is 13. The van der Waals surface area contributed by atoms with Crippen molar-refractivity contribution in [3.63, 3.8) is 0 Å². The van der Waals surface area contributed by atoms with Crippen LogP contribution in [-0.2, 0) is 11.8 Å². The van der Waals surface area contributed by atoms with E-state index >= 15 is 0 Å². The van der Waals surface area contributed by atoms with Crippen molar-refractivity contribution in [2.45, 2.75) is 18.8 Å². The molecule has 0 fully saturated rings. The van der Waals surface area contributed by atoms with Crippen LogP contribution in [0.3, 0.4) is 0 Å². The van der Waals surface area contributed by atoms with Gasteiger partial charge in [-0.15, -0.1) is 0 Å². The minimum atomic E-state index is -0.530. The molecule has 0 radical (unpaired) electrons. The van der Waals surface area contributed by atoms with E-state index in [1.54, 1.807) is 0 Å². The van der Waals surface area contributed by atoms with E-state index in [0.717, 1.165) is 29.2 Å². The normalized spacial score (nSPS) is 14.8. The molecule has 2 heteroatoms. The van der Waals surface area contributed by atoms with E-state index in [4.69, 9.17) is 0 Å². The van der Waals surface area contributed by atoms with Crippen molar-refractivity contribution in [3.05, 3.63) is 240 Å². The predicted molar refractivity (Wildman–Crippen MR) is 256 cm³/mol. The first-order valence-electron chi connectivity index (χ1n) is 21.5. The van der Waals surface area contributed by atoms with Crippen LogP contribution >= 0.6 is 0 Å². The SMILES string of the molecule is CCc1ccc2cccc3c2c1C1(c2ccccc2-c2ccc(N(c4ccc5ccccc5c4)c4cccc5c6ccccc6n(-c6ccccc6)c45)cc21)c1ccccc1-3. The third kappa shape index (κ3) is 4.62. The number of anilines is 3. The van der Waals surface area contributed by atoms with Crippen LogP contribution in [0.1, 0.15) is 34.7 Å². The van der Waals surface area contributed by atoms with Crippen LogP contribution in [0.15, 0.2) is 212 Å². The summed E-state index contributed by atoms with van der Waals surface area (Å²) in [5.74, 6) is 0. The van der Waals surface area contributed by atoms with Gasteiger partial charge in [-0.05, 0) is 127 Å². The highest BCUT2D eigenvalue weighted by Crippen LogP contribution is 2.63. The lowest BCUT2D eigenvalue weighted by Gasteiger charge is -2.41. The lowest BCUT2D eigenvalue weighted by atomic mass is 9.60. The first-order valence-corrected chi connectivity index (χ1v) is 21.5. The van der Waals surface area contributed by atoms with Gasteiger partial charge in [0.2, 0.25) is 0 Å². The van der Waals surface area contributed by atoms with Crippen molar-refractivity contribution in [1.29, 1.82) is 0 Å². The molecule has 13 rings (SSSR count). The van der Waals surface area contributed by atoms with Crippen molar-refractivity contribution in [2.75, 3.05) is 4.90 Å². The van der Waals surface area contributed by atoms with Gasteiger partial charge in [0.05, 0.1) is 22.1 Å². The van der Waals surface area contributed by atoms with Crippen molar-refractivity contribution in [1.82, 2.24) is 4.57 Å². The topological polar surface area (TPSA) is 8.17 Å². The maximum absolute atomic E-state index is 2.54. The largest absolute Gasteiger partial charge is 0.308 e. The monoisotopic (exact) mass is 776 g/mol. The molecule has 61 heavy (non-hydrogen) atoms. The Morgan fingerprint density at radius 1 is 0.443 bits per heavy atom. The molecule has 0 saturated carbocycles. The van der Waals surface area contributed by atoms with Gasteiger partial charge in [-0.3, -0.25) is 0 Å². The first kappa shape index (κ1) is 34.2. The standard InChI is InChI=1S/C59H40N2/c1-2-38-30-31-40-18-14-24-49-46-22-9-12-27-52(46)59(57(38)56(40)49)51-26-11-8-21-45(51)47-35-34-44(37-53(47)59)60(43-33-32-39-16-6-7-17-41(39)36-43)55-29-15-25-50-48-23-10-13-28-54(48)61(58(50)55)42-19-4-3-5-20-42/h3-37H,2H2,1H3. The highest BCUT2D eigenvalue weighted by molar-refractivity contribution is 6.15. The van der Waals surface area contributed by atoms with Crippen LogP contribution < -0.4 is 4.90 Å². The van der Waals surface area contributed by atoms with Crippen LogP contribution in [0, 0.1) is 0 Å². The summed E-state index contributed by atoms with van der Waals surface area (Å²) < 4.78 is 2.46. The summed E-state index contributed by atoms with van der Waals surface area (Å²) in [6.07, 6.45) is 0.940. The van der Waals surface area contributed by atoms with E-state index in [1.165, 1.54) is 93.4 Å². The fraction of sp³-hybridized carbons (Fsp3) is 0.0508. The zero-order chi connectivity index (χ0) is 40.2. The number of para-hydroxylation sites is 3. The smallest absolute Gasteiger partial charge is 0.0782 e. The van der Waals surface area contributed by atoms with Crippen molar-refractivity contribution in [3.8, 4) is 27.9 Å². The average molecular weight is 777 g/mol. The second-order valence-corrected chi connectivity index (χ2v) is 16.7. The Hall–Kier alpha value is -7.68. The minimum Gasteiger partial charge on any atom is -0.308 e. The van der Waals surface area contributed by atoms with E-state index < -0.39 is 5.41 Å². The maximum Gasteiger partial charge on any atom is 0.0782 e. The quantitative estimate of drug-likeness (QED) is 0.169. The van der Waals surface area contributed by atoms with Gasteiger partial charge in [-0.2, -0.15) is 0 Å². The number of hydrogen-bond donors (Lipinski definition) is 0. The zero-order valence-corrected chi connectivity index (χ0v) is 33.8. The molecular weight excluding hydrogens is 737 g/mol. The van der Waals surface area contributed by atoms with Crippen LogP contribution in [0.25, 0.3) is 71.3 Å². The van der Waals surface area contributed by atoms with Gasteiger partial charge < -0.3 is 9.47 Å². The lowest BCUT2D eigenvalue weighted by molar-refractivity contribution is 0.759. The fourth-order valence-corrected chi connectivity index (χ4v) is 11.3. The molecule has 286 valence electrons. The summed E-state index contributed by atoms with van der Waals surface area (Å²) in [6, 6.07) is 79.5. The minimum absolute atomic E-state index is 0.530. The molecule has 10 aromatic carbocycles. The predicted octanol–water partition coefficient (Wildman–Crippen LogP) is 15.5. The number of rotatable bonds is 5. The average Bonchev–Trinajstić information content (AvgIpc) is 3.82. The molecular formula is C59H40N2. The molecule has 0 bridgehead atoms. The second-order valence-electron chi connectivity index (χ2n) is 16.7. The molecule has 2 nitrogen and oxygen atoms in total. The molecule has 0 aliphatic heterocycles. The summed E-state index contributed by atoms with van der Waals surface area (Å²) >= 11 is 0. The van der Waals surface area contributed by atoms with Gasteiger partial charge in [0.1, 0.15) is 0 Å². The Morgan fingerprint density at radius 2 is 1.05 bits per heavy atom. The van der Waals surface area contributed by atoms with Crippen molar-refractivity contribution in [2.24, 2.45) is 0 Å².